The van der Waals surface area contributed by atoms with Crippen LogP contribution in [0.2, 0.25) is 0 Å². The minimum Gasteiger partial charge on any atom is -0.379 e. The zero-order valence-corrected chi connectivity index (χ0v) is 16.5. The number of nitrogens with zero attached hydrogens (tertiary/aromatic N) is 1. The molecule has 0 bridgehead atoms. The van der Waals surface area contributed by atoms with Gasteiger partial charge in [0.1, 0.15) is 0 Å². The van der Waals surface area contributed by atoms with Crippen LogP contribution in [-0.4, -0.2) is 49.6 Å². The summed E-state index contributed by atoms with van der Waals surface area (Å²) < 4.78 is 5.46. The van der Waals surface area contributed by atoms with Crippen LogP contribution in [0.15, 0.2) is 41.8 Å². The second-order valence-electron chi connectivity index (χ2n) is 7.23. The van der Waals surface area contributed by atoms with E-state index >= 15 is 0 Å². The van der Waals surface area contributed by atoms with Crippen molar-refractivity contribution in [3.8, 4) is 0 Å². The molecule has 1 atom stereocenters. The summed E-state index contributed by atoms with van der Waals surface area (Å²) in [5.74, 6) is 0.133. The van der Waals surface area contributed by atoms with Gasteiger partial charge in [-0.2, -0.15) is 0 Å². The number of nitrogens with one attached hydrogen (secondary N) is 2. The van der Waals surface area contributed by atoms with E-state index in [1.165, 1.54) is 4.88 Å². The summed E-state index contributed by atoms with van der Waals surface area (Å²) in [4.78, 5) is 28.1. The van der Waals surface area contributed by atoms with Crippen molar-refractivity contribution in [3.63, 3.8) is 0 Å². The largest absolute Gasteiger partial charge is 0.379 e. The maximum absolute atomic E-state index is 12.6. The molecule has 6 nitrogen and oxygen atoms in total. The summed E-state index contributed by atoms with van der Waals surface area (Å²) in [5.41, 5.74) is 1.33. The number of thiophene rings is 1. The molecule has 2 N–H and O–H groups in total. The fourth-order valence-corrected chi connectivity index (χ4v) is 4.23. The number of ether oxygens (including phenoxy) is 1. The van der Waals surface area contributed by atoms with Gasteiger partial charge in [0.2, 0.25) is 5.91 Å². The zero-order valence-electron chi connectivity index (χ0n) is 15.7. The molecule has 28 heavy (non-hydrogen) atoms. The number of carbonyl (C=O) groups excluding carboxylic acids is 2. The van der Waals surface area contributed by atoms with Crippen LogP contribution in [0.25, 0.3) is 0 Å². The van der Waals surface area contributed by atoms with E-state index in [0.29, 0.717) is 12.1 Å². The van der Waals surface area contributed by atoms with Crippen molar-refractivity contribution >= 4 is 28.8 Å². The van der Waals surface area contributed by atoms with Crippen LogP contribution < -0.4 is 10.6 Å². The van der Waals surface area contributed by atoms with E-state index in [4.69, 9.17) is 4.74 Å². The summed E-state index contributed by atoms with van der Waals surface area (Å²) in [6.07, 6.45) is 1.95. The highest BCUT2D eigenvalue weighted by atomic mass is 32.1. The molecule has 1 aliphatic heterocycles. The molecule has 148 valence electrons. The van der Waals surface area contributed by atoms with Crippen LogP contribution in [0.5, 0.6) is 0 Å². The first kappa shape index (κ1) is 19.1. The number of benzene rings is 1. The second-order valence-corrected chi connectivity index (χ2v) is 8.21. The Labute approximate surface area is 168 Å². The van der Waals surface area contributed by atoms with E-state index in [0.717, 1.165) is 44.8 Å². The van der Waals surface area contributed by atoms with Gasteiger partial charge in [-0.3, -0.25) is 14.5 Å². The van der Waals surface area contributed by atoms with Crippen molar-refractivity contribution in [2.45, 2.75) is 18.9 Å². The molecule has 1 saturated carbocycles. The predicted octanol–water partition coefficient (Wildman–Crippen LogP) is 2.90. The Hall–Kier alpha value is -2.22. The molecule has 4 rings (SSSR count). The van der Waals surface area contributed by atoms with Gasteiger partial charge in [0.15, 0.2) is 0 Å². The molecule has 2 heterocycles. The molecular weight excluding hydrogens is 374 g/mol. The maximum Gasteiger partial charge on any atom is 0.251 e. The number of hydrogen-bond acceptors (Lipinski definition) is 5. The molecular formula is C21H25N3O3S. The SMILES string of the molecule is O=C(NCC(c1cccs1)N1CCOCC1)c1ccc(NC(=O)C2CC2)cc1. The normalized spacial score (nSPS) is 18.4. The quantitative estimate of drug-likeness (QED) is 0.751. The van der Waals surface area contributed by atoms with Gasteiger partial charge in [0, 0.05) is 41.7 Å². The molecule has 2 aliphatic rings. The Bertz CT molecular complexity index is 797. The molecule has 1 aromatic carbocycles. The molecule has 1 unspecified atom stereocenters. The number of carbonyl (C=O) groups is 2. The van der Waals surface area contributed by atoms with E-state index in [-0.39, 0.29) is 23.8 Å². The highest BCUT2D eigenvalue weighted by Crippen LogP contribution is 2.30. The number of anilines is 1. The molecule has 1 saturated heterocycles. The van der Waals surface area contributed by atoms with Gasteiger partial charge in [-0.05, 0) is 48.6 Å². The Morgan fingerprint density at radius 2 is 1.89 bits per heavy atom. The van der Waals surface area contributed by atoms with Crippen molar-refractivity contribution in [1.82, 2.24) is 10.2 Å². The topological polar surface area (TPSA) is 70.7 Å². The van der Waals surface area contributed by atoms with Crippen LogP contribution in [0.4, 0.5) is 5.69 Å². The molecule has 2 amide bonds. The zero-order chi connectivity index (χ0) is 19.3. The first-order chi connectivity index (χ1) is 13.7. The minimum atomic E-state index is -0.102. The fourth-order valence-electron chi connectivity index (χ4n) is 3.37. The van der Waals surface area contributed by atoms with Crippen LogP contribution >= 0.6 is 11.3 Å². The van der Waals surface area contributed by atoms with E-state index in [9.17, 15) is 9.59 Å². The number of rotatable bonds is 7. The lowest BCUT2D eigenvalue weighted by atomic mass is 10.1. The monoisotopic (exact) mass is 399 g/mol. The number of hydrogen-bond donors (Lipinski definition) is 2. The maximum atomic E-state index is 12.6. The third-order valence-corrected chi connectivity index (χ3v) is 6.15. The van der Waals surface area contributed by atoms with Crippen LogP contribution in [-0.2, 0) is 9.53 Å². The van der Waals surface area contributed by atoms with Crippen molar-refractivity contribution in [2.24, 2.45) is 5.92 Å². The Morgan fingerprint density at radius 1 is 1.14 bits per heavy atom. The third kappa shape index (κ3) is 4.79. The van der Waals surface area contributed by atoms with Gasteiger partial charge in [0.05, 0.1) is 19.3 Å². The predicted molar refractivity (Wildman–Crippen MR) is 110 cm³/mol. The lowest BCUT2D eigenvalue weighted by Gasteiger charge is -2.34. The van der Waals surface area contributed by atoms with E-state index in [2.05, 4.69) is 27.0 Å². The lowest BCUT2D eigenvalue weighted by molar-refractivity contribution is -0.117. The highest BCUT2D eigenvalue weighted by molar-refractivity contribution is 7.10. The minimum absolute atomic E-state index is 0.0708. The number of amides is 2. The molecule has 2 fully saturated rings. The standard InChI is InChI=1S/C21H25N3O3S/c25-20(15-5-7-17(8-6-15)23-21(26)16-3-4-16)22-14-18(19-2-1-13-28-19)24-9-11-27-12-10-24/h1-2,5-8,13,16,18H,3-4,9-12,14H2,(H,22,25)(H,23,26). The highest BCUT2D eigenvalue weighted by Gasteiger charge is 2.29. The summed E-state index contributed by atoms with van der Waals surface area (Å²) in [7, 11) is 0. The van der Waals surface area contributed by atoms with Crippen molar-refractivity contribution in [2.75, 3.05) is 38.2 Å². The average Bonchev–Trinajstić information content (AvgIpc) is 3.45. The molecule has 1 aliphatic carbocycles. The molecule has 0 spiro atoms. The van der Waals surface area contributed by atoms with Gasteiger partial charge >= 0.3 is 0 Å². The van der Waals surface area contributed by atoms with E-state index in [1.54, 1.807) is 35.6 Å². The molecule has 0 radical (unpaired) electrons. The third-order valence-electron chi connectivity index (χ3n) is 5.18. The smallest absolute Gasteiger partial charge is 0.251 e. The first-order valence-electron chi connectivity index (χ1n) is 9.75. The Kier molecular flexibility index (Phi) is 6.04. The van der Waals surface area contributed by atoms with Gasteiger partial charge in [-0.15, -0.1) is 11.3 Å². The summed E-state index contributed by atoms with van der Waals surface area (Å²) in [6.45, 7) is 3.74. The molecule has 2 aromatic rings. The van der Waals surface area contributed by atoms with Crippen molar-refractivity contribution < 1.29 is 14.3 Å². The van der Waals surface area contributed by atoms with Gasteiger partial charge in [0.25, 0.3) is 5.91 Å². The van der Waals surface area contributed by atoms with Crippen molar-refractivity contribution in [3.05, 3.63) is 52.2 Å². The van der Waals surface area contributed by atoms with Crippen LogP contribution in [0.3, 0.4) is 0 Å². The first-order valence-corrected chi connectivity index (χ1v) is 10.6. The van der Waals surface area contributed by atoms with Gasteiger partial charge < -0.3 is 15.4 Å². The van der Waals surface area contributed by atoms with Crippen LogP contribution in [0, 0.1) is 5.92 Å². The molecule has 1 aromatic heterocycles. The van der Waals surface area contributed by atoms with Crippen LogP contribution in [0.1, 0.15) is 34.1 Å². The summed E-state index contributed by atoms with van der Waals surface area (Å²) >= 11 is 1.71. The van der Waals surface area contributed by atoms with E-state index < -0.39 is 0 Å². The Balaban J connectivity index is 1.35. The van der Waals surface area contributed by atoms with Gasteiger partial charge in [-0.25, -0.2) is 0 Å². The fraction of sp³-hybridized carbons (Fsp3) is 0.429. The summed E-state index contributed by atoms with van der Waals surface area (Å²) in [5, 5.41) is 8.03. The average molecular weight is 400 g/mol. The van der Waals surface area contributed by atoms with Gasteiger partial charge in [-0.1, -0.05) is 6.07 Å². The molecule has 7 heteroatoms. The second kappa shape index (κ2) is 8.86. The van der Waals surface area contributed by atoms with E-state index in [1.807, 2.05) is 6.07 Å². The lowest BCUT2D eigenvalue weighted by Crippen LogP contribution is -2.43. The summed E-state index contributed by atoms with van der Waals surface area (Å²) in [6, 6.07) is 11.4. The van der Waals surface area contributed by atoms with Crippen molar-refractivity contribution in [1.29, 1.82) is 0 Å². The number of morpholine rings is 1. The Morgan fingerprint density at radius 3 is 2.54 bits per heavy atom.